The van der Waals surface area contributed by atoms with Crippen molar-refractivity contribution in [2.45, 2.75) is 25.8 Å². The number of aryl methyl sites for hydroxylation is 1. The van der Waals surface area contributed by atoms with E-state index < -0.39 is 11.7 Å². The number of amides is 1. The Hall–Kier alpha value is -5.30. The van der Waals surface area contributed by atoms with Crippen molar-refractivity contribution in [3.05, 3.63) is 72.7 Å². The van der Waals surface area contributed by atoms with Crippen LogP contribution in [0.4, 0.5) is 21.6 Å². The lowest BCUT2D eigenvalue weighted by Crippen LogP contribution is -2.24. The lowest BCUT2D eigenvalue weighted by molar-refractivity contribution is -0.114. The Morgan fingerprint density at radius 3 is 2.66 bits per heavy atom. The molecular weight excluding hydrogens is 567 g/mol. The van der Waals surface area contributed by atoms with Gasteiger partial charge in [-0.1, -0.05) is 0 Å². The van der Waals surface area contributed by atoms with Gasteiger partial charge in [-0.25, -0.2) is 23.9 Å². The van der Waals surface area contributed by atoms with E-state index >= 15 is 0 Å². The molecule has 0 unspecified atom stereocenters. The predicted molar refractivity (Wildman–Crippen MR) is 164 cm³/mol. The molecule has 0 radical (unpaired) electrons. The fraction of sp³-hybridized carbons (Fsp3) is 0.258. The lowest BCUT2D eigenvalue weighted by Gasteiger charge is -2.17. The minimum absolute atomic E-state index is 0.115. The topological polar surface area (TPSA) is 128 Å². The number of rotatable bonds is 9. The fourth-order valence-electron chi connectivity index (χ4n) is 5.17. The van der Waals surface area contributed by atoms with Crippen molar-refractivity contribution >= 4 is 39.6 Å². The van der Waals surface area contributed by atoms with E-state index in [9.17, 15) is 9.18 Å². The minimum Gasteiger partial charge on any atom is -0.494 e. The first kappa shape index (κ1) is 28.8. The maximum Gasteiger partial charge on any atom is 0.284 e. The number of nitrogens with one attached hydrogen (secondary N) is 2. The maximum atomic E-state index is 14.9. The molecule has 0 bridgehead atoms. The van der Waals surface area contributed by atoms with E-state index in [1.807, 2.05) is 24.9 Å². The van der Waals surface area contributed by atoms with Gasteiger partial charge in [-0.3, -0.25) is 9.69 Å². The highest BCUT2D eigenvalue weighted by Crippen LogP contribution is 2.38. The van der Waals surface area contributed by atoms with Crippen LogP contribution in [0.1, 0.15) is 18.4 Å². The number of methoxy groups -OCH3 is 2. The molecule has 3 aromatic heterocycles. The van der Waals surface area contributed by atoms with Crippen molar-refractivity contribution in [2.24, 2.45) is 0 Å². The summed E-state index contributed by atoms with van der Waals surface area (Å²) in [5, 5.41) is 10.7. The summed E-state index contributed by atoms with van der Waals surface area (Å²) in [5.74, 6) is 0.647. The number of carbonyl (C=O) groups excluding carboxylic acids is 1. The van der Waals surface area contributed by atoms with E-state index in [0.717, 1.165) is 24.9 Å². The van der Waals surface area contributed by atoms with Crippen LogP contribution in [-0.2, 0) is 4.79 Å². The molecule has 4 heterocycles. The Morgan fingerprint density at radius 2 is 1.89 bits per heavy atom. The third kappa shape index (κ3) is 5.81. The Labute approximate surface area is 252 Å². The van der Waals surface area contributed by atoms with E-state index in [2.05, 4.69) is 30.7 Å². The average molecular weight is 599 g/mol. The van der Waals surface area contributed by atoms with E-state index in [1.165, 1.54) is 19.5 Å². The maximum absolute atomic E-state index is 14.9. The number of benzene rings is 2. The third-order valence-electron chi connectivity index (χ3n) is 7.54. The van der Waals surface area contributed by atoms with E-state index in [0.29, 0.717) is 51.1 Å². The molecule has 2 N–H and O–H groups in total. The number of hydrogen-bond donors (Lipinski definition) is 2. The summed E-state index contributed by atoms with van der Waals surface area (Å²) in [7, 11) is 4.94. The molecule has 1 aliphatic heterocycles. The van der Waals surface area contributed by atoms with Crippen LogP contribution < -0.4 is 24.8 Å². The molecule has 0 aliphatic carbocycles. The van der Waals surface area contributed by atoms with Gasteiger partial charge >= 0.3 is 0 Å². The van der Waals surface area contributed by atoms with Crippen LogP contribution in [0.2, 0.25) is 0 Å². The minimum atomic E-state index is -0.857. The molecular formula is C31H31FN8O4. The van der Waals surface area contributed by atoms with Gasteiger partial charge in [0.25, 0.3) is 5.91 Å². The van der Waals surface area contributed by atoms with Crippen LogP contribution in [0.15, 0.2) is 67.2 Å². The van der Waals surface area contributed by atoms with Gasteiger partial charge in [-0.15, -0.1) is 0 Å². The highest BCUT2D eigenvalue weighted by molar-refractivity contribution is 6.05. The average Bonchev–Trinajstić information content (AvgIpc) is 3.66. The van der Waals surface area contributed by atoms with Crippen molar-refractivity contribution in [1.29, 1.82) is 0 Å². The lowest BCUT2D eigenvalue weighted by atomic mass is 10.1. The number of aromatic nitrogens is 5. The van der Waals surface area contributed by atoms with Gasteiger partial charge in [-0.05, 0) is 57.1 Å². The van der Waals surface area contributed by atoms with Gasteiger partial charge in [0, 0.05) is 29.6 Å². The summed E-state index contributed by atoms with van der Waals surface area (Å²) in [6.07, 6.45) is 9.57. The Kier molecular flexibility index (Phi) is 7.94. The SMILES string of the molecule is COc1cc2ncnc(Nc3cc(C)c(Oc4cnc5ccnn5c4)cc3OC)c2cc1NC(=O)/C(F)=C/[C@H]1CCCN1C. The monoisotopic (exact) mass is 598 g/mol. The number of nitrogens with zero attached hydrogens (tertiary/aromatic N) is 6. The quantitative estimate of drug-likeness (QED) is 0.212. The fourth-order valence-corrected chi connectivity index (χ4v) is 5.17. The van der Waals surface area contributed by atoms with Gasteiger partial charge in [0.2, 0.25) is 0 Å². The molecule has 0 saturated carbocycles. The summed E-state index contributed by atoms with van der Waals surface area (Å²) < 4.78 is 33.8. The van der Waals surface area contributed by atoms with Gasteiger partial charge in [0.1, 0.15) is 29.4 Å². The molecule has 1 atom stereocenters. The molecule has 226 valence electrons. The second kappa shape index (κ2) is 12.1. The molecule has 1 fully saturated rings. The number of hydrogen-bond acceptors (Lipinski definition) is 10. The summed E-state index contributed by atoms with van der Waals surface area (Å²) in [6.45, 7) is 2.77. The molecule has 44 heavy (non-hydrogen) atoms. The van der Waals surface area contributed by atoms with E-state index in [1.54, 1.807) is 54.5 Å². The first-order valence-electron chi connectivity index (χ1n) is 14.0. The second-order valence-corrected chi connectivity index (χ2v) is 10.4. The predicted octanol–water partition coefficient (Wildman–Crippen LogP) is 5.42. The van der Waals surface area contributed by atoms with Crippen molar-refractivity contribution in [1.82, 2.24) is 29.5 Å². The van der Waals surface area contributed by atoms with Gasteiger partial charge in [0.15, 0.2) is 17.2 Å². The first-order valence-corrected chi connectivity index (χ1v) is 14.0. The molecule has 1 aliphatic rings. The Bertz CT molecular complexity index is 1890. The Morgan fingerprint density at radius 1 is 1.07 bits per heavy atom. The molecule has 12 nitrogen and oxygen atoms in total. The van der Waals surface area contributed by atoms with Crippen LogP contribution in [0.3, 0.4) is 0 Å². The largest absolute Gasteiger partial charge is 0.494 e. The number of anilines is 3. The zero-order chi connectivity index (χ0) is 30.8. The second-order valence-electron chi connectivity index (χ2n) is 10.4. The van der Waals surface area contributed by atoms with Crippen LogP contribution in [0.25, 0.3) is 16.6 Å². The van der Waals surface area contributed by atoms with Crippen molar-refractivity contribution in [2.75, 3.05) is 38.4 Å². The highest BCUT2D eigenvalue weighted by Gasteiger charge is 2.22. The molecule has 13 heteroatoms. The zero-order valence-corrected chi connectivity index (χ0v) is 24.7. The van der Waals surface area contributed by atoms with E-state index in [-0.39, 0.29) is 11.7 Å². The number of ether oxygens (including phenoxy) is 3. The standard InChI is InChI=1S/C31H31FN8O4/c1-18-10-24(28(43-4)14-26(18)44-20-15-33-29-7-8-36-40(29)16-20)37-30-21-12-25(27(42-3)13-23(21)34-17-35-30)38-31(41)22(32)11-19-6-5-9-39(19)2/h7-8,10-17,19H,5-6,9H2,1-4H3,(H,38,41)(H,34,35,37)/b22-11-/t19-/m1/s1. The number of carbonyl (C=O) groups is 1. The number of halogens is 1. The Balaban J connectivity index is 1.28. The summed E-state index contributed by atoms with van der Waals surface area (Å²) >= 11 is 0. The van der Waals surface area contributed by atoms with Gasteiger partial charge < -0.3 is 24.8 Å². The number of likely N-dealkylation sites (tertiary alicyclic amines) is 1. The molecule has 6 rings (SSSR count). The number of likely N-dealkylation sites (N-methyl/N-ethyl adjacent to an activating group) is 1. The van der Waals surface area contributed by atoms with Gasteiger partial charge in [-0.2, -0.15) is 5.10 Å². The molecule has 5 aromatic rings. The molecule has 1 amide bonds. The van der Waals surface area contributed by atoms with Crippen molar-refractivity contribution < 1.29 is 23.4 Å². The summed E-state index contributed by atoms with van der Waals surface area (Å²) in [4.78, 5) is 28.0. The van der Waals surface area contributed by atoms with Crippen LogP contribution in [-0.4, -0.2) is 69.2 Å². The van der Waals surface area contributed by atoms with E-state index in [4.69, 9.17) is 14.2 Å². The normalized spacial score (nSPS) is 15.5. The molecule has 2 aromatic carbocycles. The third-order valence-corrected chi connectivity index (χ3v) is 7.54. The summed E-state index contributed by atoms with van der Waals surface area (Å²) in [5.41, 5.74) is 2.98. The van der Waals surface area contributed by atoms with Crippen molar-refractivity contribution in [3.63, 3.8) is 0 Å². The van der Waals surface area contributed by atoms with Crippen LogP contribution >= 0.6 is 0 Å². The number of fused-ring (bicyclic) bond motifs is 2. The van der Waals surface area contributed by atoms with Gasteiger partial charge in [0.05, 0.1) is 49.7 Å². The van der Waals surface area contributed by atoms with Crippen LogP contribution in [0, 0.1) is 6.92 Å². The first-order chi connectivity index (χ1) is 21.3. The van der Waals surface area contributed by atoms with Crippen LogP contribution in [0.5, 0.6) is 23.0 Å². The van der Waals surface area contributed by atoms with Crippen molar-refractivity contribution in [3.8, 4) is 23.0 Å². The zero-order valence-electron chi connectivity index (χ0n) is 24.7. The highest BCUT2D eigenvalue weighted by atomic mass is 19.1. The molecule has 0 spiro atoms. The summed E-state index contributed by atoms with van der Waals surface area (Å²) in [6, 6.07) is 8.63. The smallest absolute Gasteiger partial charge is 0.284 e. The molecule has 1 saturated heterocycles.